The number of rotatable bonds is 6. The molecular formula is C17H22N4OS. The second-order valence-electron chi connectivity index (χ2n) is 6.01. The molecule has 1 aliphatic rings. The highest BCUT2D eigenvalue weighted by Gasteiger charge is 2.29. The quantitative estimate of drug-likeness (QED) is 0.763. The summed E-state index contributed by atoms with van der Waals surface area (Å²) in [5.41, 5.74) is 1.14. The number of hydrogen-bond donors (Lipinski definition) is 0. The Labute approximate surface area is 141 Å². The van der Waals surface area contributed by atoms with Gasteiger partial charge in [-0.3, -0.25) is 4.79 Å². The van der Waals surface area contributed by atoms with Crippen molar-refractivity contribution >= 4 is 17.7 Å². The van der Waals surface area contributed by atoms with E-state index in [2.05, 4.69) is 33.8 Å². The summed E-state index contributed by atoms with van der Waals surface area (Å²) in [6.45, 7) is 4.02. The summed E-state index contributed by atoms with van der Waals surface area (Å²) >= 11 is 1.48. The number of aryl methyl sites for hydroxylation is 1. The van der Waals surface area contributed by atoms with E-state index in [0.29, 0.717) is 11.8 Å². The number of amides is 1. The third-order valence-electron chi connectivity index (χ3n) is 4.33. The molecule has 1 heterocycles. The maximum atomic E-state index is 12.5. The van der Waals surface area contributed by atoms with Gasteiger partial charge >= 0.3 is 0 Å². The van der Waals surface area contributed by atoms with Gasteiger partial charge in [-0.05, 0) is 32.3 Å². The lowest BCUT2D eigenvalue weighted by molar-refractivity contribution is -0.128. The van der Waals surface area contributed by atoms with Crippen molar-refractivity contribution in [2.45, 2.75) is 43.9 Å². The maximum Gasteiger partial charge on any atom is 0.233 e. The van der Waals surface area contributed by atoms with Crippen molar-refractivity contribution in [3.63, 3.8) is 0 Å². The van der Waals surface area contributed by atoms with Crippen LogP contribution in [0.2, 0.25) is 0 Å². The van der Waals surface area contributed by atoms with Crippen LogP contribution >= 0.6 is 11.8 Å². The maximum absolute atomic E-state index is 12.5. The zero-order valence-electron chi connectivity index (χ0n) is 13.8. The van der Waals surface area contributed by atoms with E-state index in [1.165, 1.54) is 24.6 Å². The second kappa shape index (κ2) is 6.74. The van der Waals surface area contributed by atoms with Gasteiger partial charge in [-0.2, -0.15) is 0 Å². The van der Waals surface area contributed by atoms with Gasteiger partial charge in [0.1, 0.15) is 5.82 Å². The summed E-state index contributed by atoms with van der Waals surface area (Å²) in [6.07, 6.45) is 2.37. The van der Waals surface area contributed by atoms with Gasteiger partial charge in [0.15, 0.2) is 5.16 Å². The molecular weight excluding hydrogens is 308 g/mol. The first-order valence-corrected chi connectivity index (χ1v) is 8.91. The average Bonchev–Trinajstić information content (AvgIpc) is 3.35. The Hall–Kier alpha value is -1.82. The molecule has 1 fully saturated rings. The molecule has 0 unspecified atom stereocenters. The smallest absolute Gasteiger partial charge is 0.233 e. The number of carbonyl (C=O) groups excluding carboxylic acids is 1. The predicted molar refractivity (Wildman–Crippen MR) is 91.4 cm³/mol. The van der Waals surface area contributed by atoms with E-state index in [0.717, 1.165) is 16.5 Å². The third-order valence-corrected chi connectivity index (χ3v) is 5.26. The van der Waals surface area contributed by atoms with Crippen LogP contribution in [-0.2, 0) is 4.79 Å². The number of aromatic nitrogens is 3. The van der Waals surface area contributed by atoms with E-state index in [1.807, 2.05) is 32.2 Å². The summed E-state index contributed by atoms with van der Waals surface area (Å²) in [5.74, 6) is 1.43. The lowest BCUT2D eigenvalue weighted by atomic mass is 10.1. The average molecular weight is 330 g/mol. The van der Waals surface area contributed by atoms with Crippen LogP contribution in [0.4, 0.5) is 0 Å². The van der Waals surface area contributed by atoms with Gasteiger partial charge in [-0.25, -0.2) is 0 Å². The largest absolute Gasteiger partial charge is 0.338 e. The Kier molecular flexibility index (Phi) is 4.71. The number of carbonyl (C=O) groups is 1. The Morgan fingerprint density at radius 2 is 2.04 bits per heavy atom. The Morgan fingerprint density at radius 1 is 1.35 bits per heavy atom. The van der Waals surface area contributed by atoms with Crippen molar-refractivity contribution in [2.75, 3.05) is 12.8 Å². The van der Waals surface area contributed by atoms with E-state index >= 15 is 0 Å². The molecule has 1 aromatic carbocycles. The lowest BCUT2D eigenvalue weighted by Gasteiger charge is -2.25. The van der Waals surface area contributed by atoms with Crippen LogP contribution in [0.1, 0.15) is 43.2 Å². The molecule has 1 aliphatic carbocycles. The predicted octanol–water partition coefficient (Wildman–Crippen LogP) is 3.23. The summed E-state index contributed by atoms with van der Waals surface area (Å²) < 4.78 is 2.17. The summed E-state index contributed by atoms with van der Waals surface area (Å²) in [5, 5.41) is 9.23. The molecule has 6 heteroatoms. The standard InChI is InChI=1S/C17H22N4OS/c1-12(14-7-5-4-6-8-14)20(3)16(22)11-23-17-19-18-13(2)21(17)15-9-10-15/h4-8,12,15H,9-11H2,1-3H3/t12-/m0/s1. The zero-order valence-corrected chi connectivity index (χ0v) is 14.6. The minimum absolute atomic E-state index is 0.0624. The van der Waals surface area contributed by atoms with Gasteiger partial charge in [0.05, 0.1) is 11.8 Å². The van der Waals surface area contributed by atoms with Crippen LogP contribution < -0.4 is 0 Å². The SMILES string of the molecule is Cc1nnc(SCC(=O)N(C)[C@@H](C)c2ccccc2)n1C1CC1. The van der Waals surface area contributed by atoms with Gasteiger partial charge in [0.25, 0.3) is 0 Å². The van der Waals surface area contributed by atoms with Crippen molar-refractivity contribution in [2.24, 2.45) is 0 Å². The summed E-state index contributed by atoms with van der Waals surface area (Å²) in [6, 6.07) is 10.7. The first kappa shape index (κ1) is 16.1. The van der Waals surface area contributed by atoms with Crippen LogP contribution in [0.3, 0.4) is 0 Å². The van der Waals surface area contributed by atoms with Crippen LogP contribution in [0, 0.1) is 6.92 Å². The number of benzene rings is 1. The molecule has 5 nitrogen and oxygen atoms in total. The van der Waals surface area contributed by atoms with Crippen molar-refractivity contribution in [3.8, 4) is 0 Å². The fourth-order valence-corrected chi connectivity index (χ4v) is 3.58. The molecule has 1 amide bonds. The molecule has 1 atom stereocenters. The first-order valence-electron chi connectivity index (χ1n) is 7.93. The highest BCUT2D eigenvalue weighted by Crippen LogP contribution is 2.38. The normalized spacial score (nSPS) is 15.4. The van der Waals surface area contributed by atoms with E-state index in [-0.39, 0.29) is 11.9 Å². The third kappa shape index (κ3) is 3.58. The molecule has 0 spiro atoms. The number of hydrogen-bond acceptors (Lipinski definition) is 4. The van der Waals surface area contributed by atoms with Gasteiger partial charge in [-0.15, -0.1) is 10.2 Å². The topological polar surface area (TPSA) is 51.0 Å². The van der Waals surface area contributed by atoms with Crippen molar-refractivity contribution < 1.29 is 4.79 Å². The highest BCUT2D eigenvalue weighted by molar-refractivity contribution is 7.99. The highest BCUT2D eigenvalue weighted by atomic mass is 32.2. The van der Waals surface area contributed by atoms with Crippen LogP contribution in [0.25, 0.3) is 0 Å². The molecule has 0 N–H and O–H groups in total. The lowest BCUT2D eigenvalue weighted by Crippen LogP contribution is -2.31. The minimum Gasteiger partial charge on any atom is -0.338 e. The van der Waals surface area contributed by atoms with E-state index < -0.39 is 0 Å². The van der Waals surface area contributed by atoms with E-state index in [1.54, 1.807) is 4.90 Å². The van der Waals surface area contributed by atoms with Crippen molar-refractivity contribution in [1.29, 1.82) is 0 Å². The monoisotopic (exact) mass is 330 g/mol. The summed E-state index contributed by atoms with van der Waals surface area (Å²) in [4.78, 5) is 14.3. The second-order valence-corrected chi connectivity index (χ2v) is 6.95. The number of nitrogens with zero attached hydrogens (tertiary/aromatic N) is 4. The minimum atomic E-state index is 0.0624. The Bertz CT molecular complexity index is 681. The molecule has 122 valence electrons. The van der Waals surface area contributed by atoms with Gasteiger partial charge < -0.3 is 9.47 Å². The van der Waals surface area contributed by atoms with E-state index in [9.17, 15) is 4.79 Å². The van der Waals surface area contributed by atoms with Gasteiger partial charge in [-0.1, -0.05) is 42.1 Å². The molecule has 0 radical (unpaired) electrons. The van der Waals surface area contributed by atoms with Crippen molar-refractivity contribution in [3.05, 3.63) is 41.7 Å². The molecule has 1 saturated carbocycles. The van der Waals surface area contributed by atoms with Gasteiger partial charge in [0.2, 0.25) is 5.91 Å². The first-order chi connectivity index (χ1) is 11.1. The Balaban J connectivity index is 1.61. The molecule has 0 aliphatic heterocycles. The fourth-order valence-electron chi connectivity index (χ4n) is 2.60. The van der Waals surface area contributed by atoms with Crippen LogP contribution in [0.5, 0.6) is 0 Å². The molecule has 1 aromatic heterocycles. The molecule has 23 heavy (non-hydrogen) atoms. The van der Waals surface area contributed by atoms with Crippen molar-refractivity contribution in [1.82, 2.24) is 19.7 Å². The fraction of sp³-hybridized carbons (Fsp3) is 0.471. The molecule has 3 rings (SSSR count). The Morgan fingerprint density at radius 3 is 2.70 bits per heavy atom. The zero-order chi connectivity index (χ0) is 16.4. The number of thioether (sulfide) groups is 1. The van der Waals surface area contributed by atoms with Crippen LogP contribution in [-0.4, -0.2) is 38.4 Å². The summed E-state index contributed by atoms with van der Waals surface area (Å²) in [7, 11) is 1.86. The van der Waals surface area contributed by atoms with E-state index in [4.69, 9.17) is 0 Å². The van der Waals surface area contributed by atoms with Crippen LogP contribution in [0.15, 0.2) is 35.5 Å². The van der Waals surface area contributed by atoms with Gasteiger partial charge in [0, 0.05) is 13.1 Å². The molecule has 2 aromatic rings. The molecule has 0 bridgehead atoms. The molecule has 0 saturated heterocycles.